The summed E-state index contributed by atoms with van der Waals surface area (Å²) >= 11 is 0. The van der Waals surface area contributed by atoms with Gasteiger partial charge in [0, 0.05) is 17.9 Å². The Morgan fingerprint density at radius 3 is 2.20 bits per heavy atom. The number of benzene rings is 3. The van der Waals surface area contributed by atoms with E-state index in [2.05, 4.69) is 34.9 Å². The van der Waals surface area contributed by atoms with E-state index in [1.54, 1.807) is 6.92 Å². The first-order valence-corrected chi connectivity index (χ1v) is 14.2. The van der Waals surface area contributed by atoms with Crippen molar-refractivity contribution in [2.24, 2.45) is 5.92 Å². The highest BCUT2D eigenvalue weighted by Gasteiger charge is 2.34. The third kappa shape index (κ3) is 6.77. The number of hydrogen-bond donors (Lipinski definition) is 3. The van der Waals surface area contributed by atoms with Crippen LogP contribution in [0.2, 0.25) is 0 Å². The van der Waals surface area contributed by atoms with Gasteiger partial charge in [0.1, 0.15) is 6.61 Å². The average molecular weight is 557 g/mol. The second-order valence-corrected chi connectivity index (χ2v) is 10.9. The van der Waals surface area contributed by atoms with Crippen molar-refractivity contribution in [3.05, 3.63) is 95.6 Å². The molecule has 0 heterocycles. The summed E-state index contributed by atoms with van der Waals surface area (Å²) < 4.78 is 11.4. The minimum Gasteiger partial charge on any atom is -0.480 e. The molecule has 5 rings (SSSR count). The van der Waals surface area contributed by atoms with E-state index in [-0.39, 0.29) is 31.1 Å². The molecule has 3 N–H and O–H groups in total. The number of carbonyl (C=O) groups is 3. The number of nitrogens with one attached hydrogen (secondary N) is 2. The van der Waals surface area contributed by atoms with Crippen LogP contribution in [-0.2, 0) is 25.7 Å². The van der Waals surface area contributed by atoms with E-state index in [0.29, 0.717) is 12.8 Å². The zero-order valence-corrected chi connectivity index (χ0v) is 23.1. The smallest absolute Gasteiger partial charge is 0.407 e. The number of alkyl carbamates (subject to hydrolysis) is 1. The molecule has 0 spiro atoms. The number of carboxylic acid groups (broad SMARTS) is 1. The van der Waals surface area contributed by atoms with Gasteiger partial charge in [0.15, 0.2) is 6.04 Å². The normalized spacial score (nSPS) is 19.3. The third-order valence-electron chi connectivity index (χ3n) is 8.10. The molecule has 0 aliphatic heterocycles. The molecule has 3 aromatic rings. The number of ether oxygens (including phenoxy) is 2. The molecule has 4 atom stereocenters. The first-order valence-electron chi connectivity index (χ1n) is 14.2. The van der Waals surface area contributed by atoms with E-state index in [0.717, 1.165) is 40.7 Å². The Balaban J connectivity index is 1.12. The average Bonchev–Trinajstić information content (AvgIpc) is 3.31. The SMILES string of the molecule is C[C@H](OCc1ccccc1)[C@@H](NC(=O)[C@H]1CCC[C@@H](NC(=O)OCC2c3ccccc3-c3ccccc32)C1)C(=O)O. The van der Waals surface area contributed by atoms with Crippen molar-refractivity contribution >= 4 is 18.0 Å². The summed E-state index contributed by atoms with van der Waals surface area (Å²) in [7, 11) is 0. The number of carbonyl (C=O) groups excluding carboxylic acids is 2. The fraction of sp³-hybridized carbons (Fsp3) is 0.364. The summed E-state index contributed by atoms with van der Waals surface area (Å²) in [5.74, 6) is -1.93. The molecular weight excluding hydrogens is 520 g/mol. The maximum atomic E-state index is 13.1. The predicted octanol–water partition coefficient (Wildman–Crippen LogP) is 5.26. The maximum Gasteiger partial charge on any atom is 0.407 e. The third-order valence-corrected chi connectivity index (χ3v) is 8.10. The molecule has 0 aromatic heterocycles. The van der Waals surface area contributed by atoms with E-state index in [1.165, 1.54) is 0 Å². The van der Waals surface area contributed by atoms with Gasteiger partial charge in [-0.1, -0.05) is 85.3 Å². The van der Waals surface area contributed by atoms with Crippen LogP contribution in [0.1, 0.15) is 55.2 Å². The molecule has 8 heteroatoms. The molecular formula is C33H36N2O6. The Morgan fingerprint density at radius 1 is 0.902 bits per heavy atom. The van der Waals surface area contributed by atoms with Crippen molar-refractivity contribution in [1.82, 2.24) is 10.6 Å². The Kier molecular flexibility index (Phi) is 8.99. The second-order valence-electron chi connectivity index (χ2n) is 10.9. The molecule has 2 amide bonds. The Morgan fingerprint density at radius 2 is 1.54 bits per heavy atom. The lowest BCUT2D eigenvalue weighted by Crippen LogP contribution is -2.51. The standard InChI is InChI=1S/C33H36N2O6/c1-21(40-19-22-10-3-2-4-11-22)30(32(37)38)35-31(36)23-12-9-13-24(18-23)34-33(39)41-20-29-27-16-7-5-14-25(27)26-15-6-8-17-28(26)29/h2-8,10-11,14-17,21,23-24,29-30H,9,12-13,18-20H2,1H3,(H,34,39)(H,35,36)(H,37,38)/t21-,23-,24+,30+/m0/s1. The molecule has 8 nitrogen and oxygen atoms in total. The molecule has 1 saturated carbocycles. The monoisotopic (exact) mass is 556 g/mol. The van der Waals surface area contributed by atoms with Gasteiger partial charge < -0.3 is 25.2 Å². The number of hydrogen-bond acceptors (Lipinski definition) is 5. The van der Waals surface area contributed by atoms with Gasteiger partial charge in [-0.05, 0) is 54.0 Å². The number of amides is 2. The van der Waals surface area contributed by atoms with Crippen LogP contribution >= 0.6 is 0 Å². The van der Waals surface area contributed by atoms with Crippen molar-refractivity contribution in [1.29, 1.82) is 0 Å². The lowest BCUT2D eigenvalue weighted by Gasteiger charge is -2.30. The van der Waals surface area contributed by atoms with Gasteiger partial charge in [-0.3, -0.25) is 4.79 Å². The van der Waals surface area contributed by atoms with Crippen LogP contribution in [0.3, 0.4) is 0 Å². The maximum absolute atomic E-state index is 13.1. The van der Waals surface area contributed by atoms with Crippen LogP contribution in [0.4, 0.5) is 4.79 Å². The molecule has 214 valence electrons. The zero-order valence-electron chi connectivity index (χ0n) is 23.1. The van der Waals surface area contributed by atoms with Gasteiger partial charge in [0.05, 0.1) is 12.7 Å². The molecule has 0 radical (unpaired) electrons. The summed E-state index contributed by atoms with van der Waals surface area (Å²) in [5, 5.41) is 15.4. The highest BCUT2D eigenvalue weighted by molar-refractivity contribution is 5.85. The molecule has 0 saturated heterocycles. The van der Waals surface area contributed by atoms with Crippen LogP contribution in [-0.4, -0.2) is 47.9 Å². The highest BCUT2D eigenvalue weighted by atomic mass is 16.5. The highest BCUT2D eigenvalue weighted by Crippen LogP contribution is 2.44. The molecule has 2 aliphatic rings. The second kappa shape index (κ2) is 13.0. The van der Waals surface area contributed by atoms with E-state index in [9.17, 15) is 19.5 Å². The largest absolute Gasteiger partial charge is 0.480 e. The topological polar surface area (TPSA) is 114 Å². The van der Waals surface area contributed by atoms with Gasteiger partial charge >= 0.3 is 12.1 Å². The first-order chi connectivity index (χ1) is 19.9. The molecule has 1 fully saturated rings. The van der Waals surface area contributed by atoms with Crippen LogP contribution in [0.5, 0.6) is 0 Å². The number of carboxylic acids is 1. The van der Waals surface area contributed by atoms with Crippen molar-refractivity contribution in [3.63, 3.8) is 0 Å². The fourth-order valence-electron chi connectivity index (χ4n) is 5.91. The van der Waals surface area contributed by atoms with Crippen molar-refractivity contribution in [2.45, 2.75) is 63.3 Å². The van der Waals surface area contributed by atoms with Gasteiger partial charge in [0.2, 0.25) is 5.91 Å². The van der Waals surface area contributed by atoms with E-state index >= 15 is 0 Å². The van der Waals surface area contributed by atoms with Crippen molar-refractivity contribution in [3.8, 4) is 11.1 Å². The van der Waals surface area contributed by atoms with Gasteiger partial charge in [0.25, 0.3) is 0 Å². The van der Waals surface area contributed by atoms with Crippen LogP contribution in [0, 0.1) is 5.92 Å². The Hall–Kier alpha value is -4.17. The van der Waals surface area contributed by atoms with Gasteiger partial charge in [-0.15, -0.1) is 0 Å². The van der Waals surface area contributed by atoms with E-state index in [4.69, 9.17) is 9.47 Å². The minimum atomic E-state index is -1.18. The minimum absolute atomic E-state index is 0.0305. The Labute approximate surface area is 240 Å². The number of fused-ring (bicyclic) bond motifs is 3. The molecule has 2 aliphatic carbocycles. The van der Waals surface area contributed by atoms with Crippen LogP contribution in [0.15, 0.2) is 78.9 Å². The molecule has 41 heavy (non-hydrogen) atoms. The summed E-state index contributed by atoms with van der Waals surface area (Å²) in [6.45, 7) is 2.11. The summed E-state index contributed by atoms with van der Waals surface area (Å²) in [6, 6.07) is 24.4. The van der Waals surface area contributed by atoms with Crippen molar-refractivity contribution < 1.29 is 29.0 Å². The van der Waals surface area contributed by atoms with Gasteiger partial charge in [-0.2, -0.15) is 0 Å². The number of aliphatic carboxylic acids is 1. The molecule has 0 bridgehead atoms. The van der Waals surface area contributed by atoms with Crippen LogP contribution < -0.4 is 10.6 Å². The van der Waals surface area contributed by atoms with E-state index < -0.39 is 30.1 Å². The van der Waals surface area contributed by atoms with Gasteiger partial charge in [-0.25, -0.2) is 9.59 Å². The summed E-state index contributed by atoms with van der Waals surface area (Å²) in [6.07, 6.45) is 1.28. The number of rotatable bonds is 10. The fourth-order valence-corrected chi connectivity index (χ4v) is 5.91. The quantitative estimate of drug-likeness (QED) is 0.314. The zero-order chi connectivity index (χ0) is 28.8. The summed E-state index contributed by atoms with van der Waals surface area (Å²) in [4.78, 5) is 37.8. The predicted molar refractivity (Wildman–Crippen MR) is 154 cm³/mol. The molecule has 0 unspecified atom stereocenters. The Bertz CT molecular complexity index is 1330. The lowest BCUT2D eigenvalue weighted by molar-refractivity contribution is -0.147. The van der Waals surface area contributed by atoms with E-state index in [1.807, 2.05) is 54.6 Å². The lowest BCUT2D eigenvalue weighted by atomic mass is 9.85. The summed E-state index contributed by atoms with van der Waals surface area (Å²) in [5.41, 5.74) is 5.54. The van der Waals surface area contributed by atoms with Crippen LogP contribution in [0.25, 0.3) is 11.1 Å². The molecule has 3 aromatic carbocycles. The van der Waals surface area contributed by atoms with Crippen molar-refractivity contribution in [2.75, 3.05) is 6.61 Å². The first kappa shape index (κ1) is 28.4.